The topological polar surface area (TPSA) is 93.5 Å². The van der Waals surface area contributed by atoms with Crippen LogP contribution >= 0.6 is 22.9 Å². The zero-order valence-electron chi connectivity index (χ0n) is 18.7. The highest BCUT2D eigenvalue weighted by Gasteiger charge is 2.23. The van der Waals surface area contributed by atoms with Crippen molar-refractivity contribution in [2.45, 2.75) is 33.2 Å². The molecule has 10 heteroatoms. The molecule has 33 heavy (non-hydrogen) atoms. The lowest BCUT2D eigenvalue weighted by Crippen LogP contribution is -2.41. The molecule has 0 saturated carbocycles. The third-order valence-corrected chi connectivity index (χ3v) is 7.47. The van der Waals surface area contributed by atoms with E-state index in [0.29, 0.717) is 56.1 Å². The lowest BCUT2D eigenvalue weighted by molar-refractivity contribution is -0.133. The molecule has 1 saturated heterocycles. The second kappa shape index (κ2) is 9.52. The molecule has 3 heterocycles. The summed E-state index contributed by atoms with van der Waals surface area (Å²) in [6.07, 6.45) is 3.33. The smallest absolute Gasteiger partial charge is 0.266 e. The predicted molar refractivity (Wildman–Crippen MR) is 130 cm³/mol. The first-order chi connectivity index (χ1) is 15.8. The van der Waals surface area contributed by atoms with Gasteiger partial charge in [-0.1, -0.05) is 18.5 Å². The summed E-state index contributed by atoms with van der Waals surface area (Å²) in [4.78, 5) is 45.7. The number of hydrogen-bond donors (Lipinski definition) is 1. The molecular formula is C23H25ClN4O4S. The van der Waals surface area contributed by atoms with Crippen LogP contribution in [0.15, 0.2) is 29.3 Å². The number of aromatic nitrogens is 2. The Bertz CT molecular complexity index is 1280. The van der Waals surface area contributed by atoms with Gasteiger partial charge in [0.15, 0.2) is 0 Å². The summed E-state index contributed by atoms with van der Waals surface area (Å²) in [5.41, 5.74) is 0.728. The van der Waals surface area contributed by atoms with Crippen LogP contribution in [-0.4, -0.2) is 46.5 Å². The van der Waals surface area contributed by atoms with Gasteiger partial charge in [0.05, 0.1) is 28.7 Å². The molecule has 0 aliphatic carbocycles. The highest BCUT2D eigenvalue weighted by molar-refractivity contribution is 7.20. The maximum absolute atomic E-state index is 13.1. The van der Waals surface area contributed by atoms with Crippen molar-refractivity contribution in [1.82, 2.24) is 14.5 Å². The van der Waals surface area contributed by atoms with Gasteiger partial charge in [-0.3, -0.25) is 19.0 Å². The lowest BCUT2D eigenvalue weighted by Gasteiger charge is -2.30. The Labute approximate surface area is 200 Å². The highest BCUT2D eigenvalue weighted by atomic mass is 35.5. The Morgan fingerprint density at radius 1 is 1.30 bits per heavy atom. The number of nitrogens with zero attached hydrogens (tertiary/aromatic N) is 3. The SMILES string of the molecule is COc1ccc(NC(=O)c2sc3ncn(CC(=O)N4CCC(C)CC4)c(=O)c3c2C)cc1Cl. The van der Waals surface area contributed by atoms with Crippen molar-refractivity contribution in [1.29, 1.82) is 0 Å². The first-order valence-corrected chi connectivity index (χ1v) is 11.9. The van der Waals surface area contributed by atoms with Crippen LogP contribution in [0.4, 0.5) is 5.69 Å². The maximum atomic E-state index is 13.1. The Hall–Kier alpha value is -2.91. The van der Waals surface area contributed by atoms with Crippen LogP contribution in [0.2, 0.25) is 5.02 Å². The minimum Gasteiger partial charge on any atom is -0.495 e. The minimum absolute atomic E-state index is 0.0582. The molecule has 0 radical (unpaired) electrons. The van der Waals surface area contributed by atoms with E-state index in [0.717, 1.165) is 24.2 Å². The molecule has 0 atom stereocenters. The van der Waals surface area contributed by atoms with Gasteiger partial charge in [-0.25, -0.2) is 4.98 Å². The zero-order valence-corrected chi connectivity index (χ0v) is 20.3. The fraction of sp³-hybridized carbons (Fsp3) is 0.391. The van der Waals surface area contributed by atoms with Crippen LogP contribution in [0.5, 0.6) is 5.75 Å². The van der Waals surface area contributed by atoms with Crippen molar-refractivity contribution in [3.05, 3.63) is 50.3 Å². The number of amides is 2. The third-order valence-electron chi connectivity index (χ3n) is 5.98. The van der Waals surface area contributed by atoms with Crippen molar-refractivity contribution in [3.8, 4) is 5.75 Å². The number of methoxy groups -OCH3 is 1. The summed E-state index contributed by atoms with van der Waals surface area (Å²) in [7, 11) is 1.51. The lowest BCUT2D eigenvalue weighted by atomic mass is 9.99. The normalized spacial score (nSPS) is 14.5. The summed E-state index contributed by atoms with van der Waals surface area (Å²) in [5, 5.41) is 3.54. The number of benzene rings is 1. The number of aryl methyl sites for hydroxylation is 1. The van der Waals surface area contributed by atoms with Crippen molar-refractivity contribution in [2.75, 3.05) is 25.5 Å². The number of anilines is 1. The fourth-order valence-electron chi connectivity index (χ4n) is 3.92. The van der Waals surface area contributed by atoms with E-state index in [4.69, 9.17) is 16.3 Å². The van der Waals surface area contributed by atoms with Crippen molar-refractivity contribution in [2.24, 2.45) is 5.92 Å². The van der Waals surface area contributed by atoms with Gasteiger partial charge >= 0.3 is 0 Å². The number of halogens is 1. The largest absolute Gasteiger partial charge is 0.495 e. The third kappa shape index (κ3) is 4.74. The number of piperidine rings is 1. The van der Waals surface area contributed by atoms with E-state index in [1.807, 2.05) is 0 Å². The van der Waals surface area contributed by atoms with Crippen LogP contribution in [0.25, 0.3) is 10.2 Å². The summed E-state index contributed by atoms with van der Waals surface area (Å²) in [6.45, 7) is 5.26. The van der Waals surface area contributed by atoms with Crippen LogP contribution in [-0.2, 0) is 11.3 Å². The van der Waals surface area contributed by atoms with Gasteiger partial charge in [-0.2, -0.15) is 0 Å². The van der Waals surface area contributed by atoms with Gasteiger partial charge in [0.25, 0.3) is 11.5 Å². The van der Waals surface area contributed by atoms with Gasteiger partial charge in [0.2, 0.25) is 5.91 Å². The Morgan fingerprint density at radius 2 is 2.03 bits per heavy atom. The van der Waals surface area contributed by atoms with Gasteiger partial charge in [-0.05, 0) is 49.4 Å². The Balaban J connectivity index is 1.56. The standard InChI is InChI=1S/C23H25ClN4O4S/c1-13-6-8-27(9-7-13)18(29)11-28-12-25-22-19(23(28)31)14(2)20(33-22)21(30)26-15-4-5-17(32-3)16(24)10-15/h4-5,10,12-13H,6-9,11H2,1-3H3,(H,26,30). The molecule has 2 aromatic heterocycles. The van der Waals surface area contributed by atoms with Crippen molar-refractivity contribution in [3.63, 3.8) is 0 Å². The molecule has 8 nitrogen and oxygen atoms in total. The molecule has 0 unspecified atom stereocenters. The van der Waals surface area contributed by atoms with Gasteiger partial charge in [0.1, 0.15) is 17.1 Å². The highest BCUT2D eigenvalue weighted by Crippen LogP contribution is 2.30. The molecule has 1 N–H and O–H groups in total. The molecular weight excluding hydrogens is 464 g/mol. The molecule has 1 aromatic carbocycles. The van der Waals surface area contributed by atoms with Crippen LogP contribution in [0, 0.1) is 12.8 Å². The van der Waals surface area contributed by atoms with Crippen LogP contribution < -0.4 is 15.6 Å². The number of hydrogen-bond acceptors (Lipinski definition) is 6. The molecule has 3 aromatic rings. The molecule has 4 rings (SSSR count). The van der Waals surface area contributed by atoms with Crippen LogP contribution in [0.1, 0.15) is 35.0 Å². The molecule has 1 fully saturated rings. The molecule has 1 aliphatic rings. The van der Waals surface area contributed by atoms with E-state index in [2.05, 4.69) is 17.2 Å². The summed E-state index contributed by atoms with van der Waals surface area (Å²) >= 11 is 7.28. The molecule has 2 amide bonds. The number of carbonyl (C=O) groups excluding carboxylic acids is 2. The molecule has 0 spiro atoms. The predicted octanol–water partition coefficient (Wildman–Crippen LogP) is 3.94. The second-order valence-corrected chi connectivity index (χ2v) is 9.69. The Kier molecular flexibility index (Phi) is 6.71. The quantitative estimate of drug-likeness (QED) is 0.587. The first-order valence-electron chi connectivity index (χ1n) is 10.7. The summed E-state index contributed by atoms with van der Waals surface area (Å²) in [6, 6.07) is 4.94. The first kappa shape index (κ1) is 23.3. The number of likely N-dealkylation sites (tertiary alicyclic amines) is 1. The Morgan fingerprint density at radius 3 is 2.70 bits per heavy atom. The van der Waals surface area contributed by atoms with Gasteiger partial charge in [0, 0.05) is 18.8 Å². The van der Waals surface area contributed by atoms with E-state index in [1.165, 1.54) is 18.0 Å². The van der Waals surface area contributed by atoms with Crippen molar-refractivity contribution < 1.29 is 14.3 Å². The zero-order chi connectivity index (χ0) is 23.7. The number of ether oxygens (including phenoxy) is 1. The number of rotatable bonds is 5. The molecule has 174 valence electrons. The van der Waals surface area contributed by atoms with Crippen LogP contribution in [0.3, 0.4) is 0 Å². The molecule has 0 bridgehead atoms. The van der Waals surface area contributed by atoms with Gasteiger partial charge in [-0.15, -0.1) is 11.3 Å². The monoisotopic (exact) mass is 488 g/mol. The fourth-order valence-corrected chi connectivity index (χ4v) is 5.22. The van der Waals surface area contributed by atoms with E-state index in [-0.39, 0.29) is 23.9 Å². The molecule has 1 aliphatic heterocycles. The van der Waals surface area contributed by atoms with E-state index < -0.39 is 0 Å². The number of fused-ring (bicyclic) bond motifs is 1. The second-order valence-electron chi connectivity index (χ2n) is 8.28. The van der Waals surface area contributed by atoms with Gasteiger partial charge < -0.3 is 15.0 Å². The minimum atomic E-state index is -0.360. The maximum Gasteiger partial charge on any atom is 0.266 e. The average Bonchev–Trinajstić information content (AvgIpc) is 3.13. The van der Waals surface area contributed by atoms with E-state index in [1.54, 1.807) is 30.0 Å². The van der Waals surface area contributed by atoms with E-state index in [9.17, 15) is 14.4 Å². The number of carbonyl (C=O) groups is 2. The van der Waals surface area contributed by atoms with Crippen molar-refractivity contribution >= 4 is 50.7 Å². The number of thiophene rings is 1. The summed E-state index contributed by atoms with van der Waals surface area (Å²) < 4.78 is 6.46. The summed E-state index contributed by atoms with van der Waals surface area (Å²) in [5.74, 6) is 0.668. The van der Waals surface area contributed by atoms with E-state index >= 15 is 0 Å². The average molecular weight is 489 g/mol. The number of nitrogens with one attached hydrogen (secondary N) is 1.